The molecule has 0 atom stereocenters. The lowest BCUT2D eigenvalue weighted by Gasteiger charge is -2.34. The quantitative estimate of drug-likeness (QED) is 0.771. The van der Waals surface area contributed by atoms with Crippen molar-refractivity contribution in [1.82, 2.24) is 14.6 Å². The van der Waals surface area contributed by atoms with Crippen LogP contribution in [0.4, 0.5) is 5.82 Å². The van der Waals surface area contributed by atoms with E-state index in [-0.39, 0.29) is 11.4 Å². The summed E-state index contributed by atoms with van der Waals surface area (Å²) in [6.45, 7) is 4.01. The highest BCUT2D eigenvalue weighted by Crippen LogP contribution is 2.42. The zero-order chi connectivity index (χ0) is 13.7. The molecule has 3 heterocycles. The predicted molar refractivity (Wildman–Crippen MR) is 73.1 cm³/mol. The van der Waals surface area contributed by atoms with Crippen molar-refractivity contribution < 1.29 is 9.53 Å². The molecular weight excluding hydrogens is 256 g/mol. The van der Waals surface area contributed by atoms with Crippen molar-refractivity contribution >= 4 is 17.2 Å². The fourth-order valence-corrected chi connectivity index (χ4v) is 2.77. The van der Waals surface area contributed by atoms with Gasteiger partial charge in [-0.3, -0.25) is 4.79 Å². The highest BCUT2D eigenvalue weighted by Gasteiger charge is 2.47. The van der Waals surface area contributed by atoms with Crippen LogP contribution < -0.4 is 4.90 Å². The second kappa shape index (κ2) is 4.02. The summed E-state index contributed by atoms with van der Waals surface area (Å²) in [6.07, 6.45) is 5.71. The van der Waals surface area contributed by atoms with Crippen LogP contribution >= 0.6 is 0 Å². The first-order valence-corrected chi connectivity index (χ1v) is 6.91. The molecule has 0 N–H and O–H groups in total. The van der Waals surface area contributed by atoms with E-state index in [1.807, 2.05) is 12.3 Å². The summed E-state index contributed by atoms with van der Waals surface area (Å²) >= 11 is 0. The monoisotopic (exact) mass is 272 g/mol. The molecule has 0 amide bonds. The van der Waals surface area contributed by atoms with Crippen LogP contribution in [0.3, 0.4) is 0 Å². The van der Waals surface area contributed by atoms with Crippen molar-refractivity contribution in [3.05, 3.63) is 24.0 Å². The van der Waals surface area contributed by atoms with Gasteiger partial charge >= 0.3 is 0 Å². The first kappa shape index (κ1) is 11.8. The van der Waals surface area contributed by atoms with E-state index in [2.05, 4.69) is 15.0 Å². The van der Waals surface area contributed by atoms with Crippen molar-refractivity contribution in [2.45, 2.75) is 25.4 Å². The molecule has 1 aliphatic heterocycles. The van der Waals surface area contributed by atoms with E-state index in [1.165, 1.54) is 0 Å². The molecule has 104 valence electrons. The van der Waals surface area contributed by atoms with Crippen LogP contribution in [0, 0.1) is 0 Å². The second-order valence-electron chi connectivity index (χ2n) is 5.62. The molecule has 0 radical (unpaired) electrons. The van der Waals surface area contributed by atoms with E-state index in [9.17, 15) is 4.79 Å². The number of nitrogens with zero attached hydrogens (tertiary/aromatic N) is 4. The Hall–Kier alpha value is -1.95. The third-order valence-electron chi connectivity index (χ3n) is 4.11. The fourth-order valence-electron chi connectivity index (χ4n) is 2.77. The number of carbonyl (C=O) groups excluding carboxylic acids is 1. The summed E-state index contributed by atoms with van der Waals surface area (Å²) in [5, 5.41) is 4.16. The molecule has 2 aliphatic rings. The summed E-state index contributed by atoms with van der Waals surface area (Å²) in [5.41, 5.74) is 1.27. The van der Waals surface area contributed by atoms with Crippen LogP contribution in [0.25, 0.3) is 5.65 Å². The van der Waals surface area contributed by atoms with Crippen LogP contribution in [-0.4, -0.2) is 45.7 Å². The zero-order valence-corrected chi connectivity index (χ0v) is 11.4. The van der Waals surface area contributed by atoms with E-state index in [4.69, 9.17) is 4.74 Å². The Bertz CT molecular complexity index is 690. The number of aromatic nitrogens is 3. The lowest BCUT2D eigenvalue weighted by atomic mass is 10.2. The predicted octanol–water partition coefficient (Wildman–Crippen LogP) is 1.30. The molecule has 6 nitrogen and oxygen atoms in total. The minimum Gasteiger partial charge on any atom is -0.371 e. The number of ether oxygens (including phenoxy) is 1. The van der Waals surface area contributed by atoms with Crippen molar-refractivity contribution in [1.29, 1.82) is 0 Å². The lowest BCUT2D eigenvalue weighted by Crippen LogP contribution is -2.44. The maximum absolute atomic E-state index is 11.6. The van der Waals surface area contributed by atoms with Gasteiger partial charge < -0.3 is 9.64 Å². The van der Waals surface area contributed by atoms with Crippen molar-refractivity contribution in [2.24, 2.45) is 0 Å². The number of hydrogen-bond acceptors (Lipinski definition) is 5. The Kier molecular flexibility index (Phi) is 2.38. The largest absolute Gasteiger partial charge is 0.371 e. The van der Waals surface area contributed by atoms with Crippen molar-refractivity contribution in [3.63, 3.8) is 0 Å². The van der Waals surface area contributed by atoms with Crippen molar-refractivity contribution in [2.75, 3.05) is 24.6 Å². The van der Waals surface area contributed by atoms with E-state index in [0.717, 1.165) is 38.4 Å². The summed E-state index contributed by atoms with van der Waals surface area (Å²) in [7, 11) is 0. The summed E-state index contributed by atoms with van der Waals surface area (Å²) < 4.78 is 7.47. The van der Waals surface area contributed by atoms with Crippen LogP contribution in [0.1, 0.15) is 30.1 Å². The Morgan fingerprint density at radius 1 is 1.45 bits per heavy atom. The standard InChI is InChI=1S/C14H16N4O2/c1-10(19)11-8-15-18-5-2-12(16-13(11)18)17-6-7-20-14(9-17)3-4-14/h2,5,8H,3-4,6-7,9H2,1H3. The number of carbonyl (C=O) groups is 1. The van der Waals surface area contributed by atoms with Gasteiger partial charge in [0.1, 0.15) is 5.82 Å². The fraction of sp³-hybridized carbons (Fsp3) is 0.500. The minimum absolute atomic E-state index is 0.00899. The molecule has 4 rings (SSSR count). The highest BCUT2D eigenvalue weighted by molar-refractivity contribution is 5.99. The average Bonchev–Trinajstić information content (AvgIpc) is 3.04. The van der Waals surface area contributed by atoms with Gasteiger partial charge in [-0.15, -0.1) is 0 Å². The first-order valence-electron chi connectivity index (χ1n) is 6.91. The second-order valence-corrected chi connectivity index (χ2v) is 5.62. The Labute approximate surface area is 116 Å². The van der Waals surface area contributed by atoms with Gasteiger partial charge in [-0.05, 0) is 25.8 Å². The van der Waals surface area contributed by atoms with E-state index in [0.29, 0.717) is 11.2 Å². The van der Waals surface area contributed by atoms with E-state index in [1.54, 1.807) is 17.6 Å². The molecule has 2 fully saturated rings. The molecule has 6 heteroatoms. The van der Waals surface area contributed by atoms with Crippen LogP contribution in [0.15, 0.2) is 18.5 Å². The molecular formula is C14H16N4O2. The van der Waals surface area contributed by atoms with Gasteiger partial charge in [0, 0.05) is 19.3 Å². The minimum atomic E-state index is -0.00899. The van der Waals surface area contributed by atoms with Gasteiger partial charge in [-0.1, -0.05) is 0 Å². The molecule has 1 saturated carbocycles. The molecule has 1 spiro atoms. The number of anilines is 1. The Balaban J connectivity index is 1.72. The van der Waals surface area contributed by atoms with Crippen molar-refractivity contribution in [3.8, 4) is 0 Å². The molecule has 2 aromatic heterocycles. The maximum atomic E-state index is 11.6. The molecule has 0 unspecified atom stereocenters. The van der Waals surface area contributed by atoms with Gasteiger partial charge in [-0.2, -0.15) is 5.10 Å². The van der Waals surface area contributed by atoms with Gasteiger partial charge in [-0.25, -0.2) is 9.50 Å². The normalized spacial score (nSPS) is 20.6. The number of rotatable bonds is 2. The van der Waals surface area contributed by atoms with Crippen LogP contribution in [0.2, 0.25) is 0 Å². The molecule has 20 heavy (non-hydrogen) atoms. The van der Waals surface area contributed by atoms with Crippen LogP contribution in [-0.2, 0) is 4.74 Å². The summed E-state index contributed by atoms with van der Waals surface area (Å²) in [6, 6.07) is 1.95. The zero-order valence-electron chi connectivity index (χ0n) is 11.4. The van der Waals surface area contributed by atoms with Gasteiger partial charge in [0.05, 0.1) is 24.0 Å². The smallest absolute Gasteiger partial charge is 0.168 e. The number of hydrogen-bond donors (Lipinski definition) is 0. The number of fused-ring (bicyclic) bond motifs is 1. The number of Topliss-reactive ketones (excluding diaryl/α,β-unsaturated/α-hetero) is 1. The summed E-state index contributed by atoms with van der Waals surface area (Å²) in [4.78, 5) is 18.5. The van der Waals surface area contributed by atoms with E-state index >= 15 is 0 Å². The van der Waals surface area contributed by atoms with Gasteiger partial charge in [0.15, 0.2) is 11.4 Å². The molecule has 0 aromatic carbocycles. The van der Waals surface area contributed by atoms with E-state index < -0.39 is 0 Å². The molecule has 0 bridgehead atoms. The van der Waals surface area contributed by atoms with Gasteiger partial charge in [0.2, 0.25) is 0 Å². The lowest BCUT2D eigenvalue weighted by molar-refractivity contribution is 0.0204. The van der Waals surface area contributed by atoms with Gasteiger partial charge in [0.25, 0.3) is 0 Å². The topological polar surface area (TPSA) is 59.7 Å². The third-order valence-corrected chi connectivity index (χ3v) is 4.11. The molecule has 1 aliphatic carbocycles. The average molecular weight is 272 g/mol. The number of ketones is 1. The molecule has 1 saturated heterocycles. The molecule has 2 aromatic rings. The Morgan fingerprint density at radius 2 is 2.30 bits per heavy atom. The highest BCUT2D eigenvalue weighted by atomic mass is 16.5. The SMILES string of the molecule is CC(=O)c1cnn2ccc(N3CCOC4(CC4)C3)nc12. The van der Waals surface area contributed by atoms with Crippen LogP contribution in [0.5, 0.6) is 0 Å². The number of morpholine rings is 1. The Morgan fingerprint density at radius 3 is 3.05 bits per heavy atom. The maximum Gasteiger partial charge on any atom is 0.168 e. The summed E-state index contributed by atoms with van der Waals surface area (Å²) in [5.74, 6) is 0.889. The third kappa shape index (κ3) is 1.79. The first-order chi connectivity index (χ1) is 9.67.